The minimum atomic E-state index is -4.66. The number of rotatable bonds is 2. The minimum Gasteiger partial charge on any atom is -0.491 e. The third-order valence-corrected chi connectivity index (χ3v) is 6.86. The van der Waals surface area contributed by atoms with Crippen LogP contribution >= 0.6 is 0 Å². The number of hydrogen-bond acceptors (Lipinski definition) is 4. The Morgan fingerprint density at radius 3 is 2.56 bits per heavy atom. The van der Waals surface area contributed by atoms with Crippen molar-refractivity contribution in [1.29, 1.82) is 0 Å². The predicted molar refractivity (Wildman–Crippen MR) is 128 cm³/mol. The van der Waals surface area contributed by atoms with Gasteiger partial charge < -0.3 is 19.3 Å². The van der Waals surface area contributed by atoms with Crippen molar-refractivity contribution in [2.24, 2.45) is 0 Å². The fraction of sp³-hybridized carbons (Fsp3) is 0.481. The second kappa shape index (κ2) is 10.9. The molecule has 1 saturated heterocycles. The predicted octanol–water partition coefficient (Wildman–Crippen LogP) is 4.57. The van der Waals surface area contributed by atoms with Gasteiger partial charge in [0.25, 0.3) is 11.8 Å². The van der Waals surface area contributed by atoms with Gasteiger partial charge in [-0.05, 0) is 56.4 Å². The third-order valence-electron chi connectivity index (χ3n) is 6.86. The highest BCUT2D eigenvalue weighted by Gasteiger charge is 2.47. The Morgan fingerprint density at radius 2 is 1.78 bits per heavy atom. The summed E-state index contributed by atoms with van der Waals surface area (Å²) in [5, 5.41) is 0. The molecule has 9 heteroatoms. The smallest absolute Gasteiger partial charge is 0.417 e. The van der Waals surface area contributed by atoms with E-state index < -0.39 is 28.8 Å². The van der Waals surface area contributed by atoms with Gasteiger partial charge in [0.15, 0.2) is 5.60 Å². The van der Waals surface area contributed by atoms with Crippen molar-refractivity contribution in [3.05, 3.63) is 65.2 Å². The van der Waals surface area contributed by atoms with Crippen molar-refractivity contribution in [3.8, 4) is 5.75 Å². The molecule has 2 aliphatic rings. The number of para-hydroxylation sites is 1. The van der Waals surface area contributed by atoms with Crippen LogP contribution in [-0.4, -0.2) is 66.6 Å². The maximum absolute atomic E-state index is 13.8. The van der Waals surface area contributed by atoms with Crippen LogP contribution in [0.4, 0.5) is 13.2 Å². The van der Waals surface area contributed by atoms with E-state index in [0.717, 1.165) is 30.2 Å². The lowest BCUT2D eigenvalue weighted by molar-refractivity contribution is -0.170. The first-order chi connectivity index (χ1) is 17.2. The molecular formula is C27H31F3N2O4. The van der Waals surface area contributed by atoms with Gasteiger partial charge in [0.05, 0.1) is 30.8 Å². The zero-order valence-corrected chi connectivity index (χ0v) is 20.4. The standard InChI is InChI=1S/C27H31F3N2O4/c1-2-31-15-17-35-23-13-6-3-9-20(23)10-7-8-14-26(25(31)34)19-32(16-18-36-26)24(33)21-11-4-5-12-22(21)27(28,29)30/h3-6,9,11-13H,2,7-8,10,14-19H2,1H3. The van der Waals surface area contributed by atoms with Crippen LogP contribution in [-0.2, 0) is 22.1 Å². The molecule has 1 atom stereocenters. The summed E-state index contributed by atoms with van der Waals surface area (Å²) in [5.41, 5.74) is -1.62. The molecule has 0 bridgehead atoms. The van der Waals surface area contributed by atoms with Crippen LogP contribution in [0.2, 0.25) is 0 Å². The number of alkyl halides is 3. The summed E-state index contributed by atoms with van der Waals surface area (Å²) < 4.78 is 52.8. The molecule has 2 heterocycles. The third kappa shape index (κ3) is 5.51. The van der Waals surface area contributed by atoms with Gasteiger partial charge >= 0.3 is 6.18 Å². The number of carbonyl (C=O) groups is 2. The van der Waals surface area contributed by atoms with Gasteiger partial charge in [0, 0.05) is 13.1 Å². The fourth-order valence-electron chi connectivity index (χ4n) is 4.97. The lowest BCUT2D eigenvalue weighted by atomic mass is 9.90. The molecule has 2 aromatic rings. The molecule has 0 aliphatic carbocycles. The van der Waals surface area contributed by atoms with Crippen molar-refractivity contribution in [3.63, 3.8) is 0 Å². The lowest BCUT2D eigenvalue weighted by Gasteiger charge is -2.44. The maximum Gasteiger partial charge on any atom is 0.417 e. The van der Waals surface area contributed by atoms with Crippen molar-refractivity contribution in [1.82, 2.24) is 9.80 Å². The summed E-state index contributed by atoms with van der Waals surface area (Å²) in [4.78, 5) is 30.0. The maximum atomic E-state index is 13.8. The summed E-state index contributed by atoms with van der Waals surface area (Å²) in [5.74, 6) is -0.195. The topological polar surface area (TPSA) is 59.1 Å². The van der Waals surface area contributed by atoms with Crippen molar-refractivity contribution < 1.29 is 32.2 Å². The number of aryl methyl sites for hydroxylation is 1. The van der Waals surface area contributed by atoms with Crippen molar-refractivity contribution in [2.45, 2.75) is 44.4 Å². The van der Waals surface area contributed by atoms with E-state index in [4.69, 9.17) is 9.47 Å². The van der Waals surface area contributed by atoms with Crippen LogP contribution in [0.3, 0.4) is 0 Å². The van der Waals surface area contributed by atoms with Gasteiger partial charge in [0.2, 0.25) is 0 Å². The second-order valence-electron chi connectivity index (χ2n) is 9.16. The molecule has 1 fully saturated rings. The van der Waals surface area contributed by atoms with E-state index in [-0.39, 0.29) is 25.6 Å². The fourth-order valence-corrected chi connectivity index (χ4v) is 4.97. The first-order valence-corrected chi connectivity index (χ1v) is 12.3. The first kappa shape index (κ1) is 26.0. The molecule has 0 radical (unpaired) electrons. The number of hydrogen-bond donors (Lipinski definition) is 0. The van der Waals surface area contributed by atoms with E-state index in [0.29, 0.717) is 32.5 Å². The summed E-state index contributed by atoms with van der Waals surface area (Å²) in [6.45, 7) is 3.00. The molecule has 2 amide bonds. The molecule has 0 saturated carbocycles. The van der Waals surface area contributed by atoms with Gasteiger partial charge in [-0.1, -0.05) is 30.3 Å². The average Bonchev–Trinajstić information content (AvgIpc) is 2.88. The van der Waals surface area contributed by atoms with Gasteiger partial charge in [-0.2, -0.15) is 13.2 Å². The Labute approximate surface area is 209 Å². The van der Waals surface area contributed by atoms with Gasteiger partial charge in [0.1, 0.15) is 12.4 Å². The number of morpholine rings is 1. The highest BCUT2D eigenvalue weighted by molar-refractivity contribution is 5.97. The Kier molecular flexibility index (Phi) is 7.88. The molecule has 2 aromatic carbocycles. The van der Waals surface area contributed by atoms with E-state index in [2.05, 4.69) is 0 Å². The van der Waals surface area contributed by atoms with Crippen LogP contribution in [0.5, 0.6) is 5.75 Å². The number of fused-ring (bicyclic) bond motifs is 1. The van der Waals surface area contributed by atoms with E-state index in [9.17, 15) is 22.8 Å². The number of likely N-dealkylation sites (N-methyl/N-ethyl adjacent to an activating group) is 1. The number of nitrogens with zero attached hydrogens (tertiary/aromatic N) is 2. The molecule has 36 heavy (non-hydrogen) atoms. The summed E-state index contributed by atoms with van der Waals surface area (Å²) in [6, 6.07) is 12.6. The molecule has 0 aromatic heterocycles. The molecular weight excluding hydrogens is 473 g/mol. The van der Waals surface area contributed by atoms with E-state index in [1.165, 1.54) is 23.1 Å². The summed E-state index contributed by atoms with van der Waals surface area (Å²) in [6.07, 6.45) is -2.10. The van der Waals surface area contributed by atoms with Gasteiger partial charge in [-0.3, -0.25) is 9.59 Å². The highest BCUT2D eigenvalue weighted by atomic mass is 19.4. The SMILES string of the molecule is CCN1CCOc2ccccc2CCCCC2(CN(C(=O)c3ccccc3C(F)(F)F)CCO2)C1=O. The van der Waals surface area contributed by atoms with E-state index in [1.807, 2.05) is 31.2 Å². The van der Waals surface area contributed by atoms with Crippen LogP contribution in [0.25, 0.3) is 0 Å². The molecule has 4 rings (SSSR count). The van der Waals surface area contributed by atoms with Crippen LogP contribution in [0.15, 0.2) is 48.5 Å². The van der Waals surface area contributed by atoms with Gasteiger partial charge in [-0.25, -0.2) is 0 Å². The first-order valence-electron chi connectivity index (χ1n) is 12.3. The second-order valence-corrected chi connectivity index (χ2v) is 9.16. The summed E-state index contributed by atoms with van der Waals surface area (Å²) in [7, 11) is 0. The Bertz CT molecular complexity index is 1090. The molecule has 2 aliphatic heterocycles. The Balaban J connectivity index is 1.60. The number of amides is 2. The zero-order chi connectivity index (χ0) is 25.8. The number of carbonyl (C=O) groups excluding carboxylic acids is 2. The van der Waals surface area contributed by atoms with Crippen LogP contribution in [0, 0.1) is 0 Å². The van der Waals surface area contributed by atoms with E-state index in [1.54, 1.807) is 4.90 Å². The molecule has 1 spiro atoms. The number of ether oxygens (including phenoxy) is 2. The molecule has 6 nitrogen and oxygen atoms in total. The number of benzene rings is 2. The number of halogens is 3. The van der Waals surface area contributed by atoms with E-state index >= 15 is 0 Å². The minimum absolute atomic E-state index is 0.0720. The quantitative estimate of drug-likeness (QED) is 0.601. The Hall–Kier alpha value is -3.07. The summed E-state index contributed by atoms with van der Waals surface area (Å²) >= 11 is 0. The molecule has 0 N–H and O–H groups in total. The molecule has 194 valence electrons. The zero-order valence-electron chi connectivity index (χ0n) is 20.4. The lowest BCUT2D eigenvalue weighted by Crippen LogP contribution is -2.62. The average molecular weight is 505 g/mol. The largest absolute Gasteiger partial charge is 0.491 e. The Morgan fingerprint density at radius 1 is 1.03 bits per heavy atom. The van der Waals surface area contributed by atoms with Crippen LogP contribution in [0.1, 0.15) is 47.7 Å². The highest BCUT2D eigenvalue weighted by Crippen LogP contribution is 2.34. The van der Waals surface area contributed by atoms with Gasteiger partial charge in [-0.15, -0.1) is 0 Å². The normalized spacial score (nSPS) is 21.8. The van der Waals surface area contributed by atoms with Crippen molar-refractivity contribution >= 4 is 11.8 Å². The monoisotopic (exact) mass is 504 g/mol. The van der Waals surface area contributed by atoms with Crippen molar-refractivity contribution in [2.75, 3.05) is 39.4 Å². The molecule has 1 unspecified atom stereocenters. The van der Waals surface area contributed by atoms with Crippen LogP contribution < -0.4 is 4.74 Å².